The lowest BCUT2D eigenvalue weighted by Gasteiger charge is -2.36. The monoisotopic (exact) mass is 247 g/mol. The highest BCUT2D eigenvalue weighted by atomic mass is 16.3. The van der Waals surface area contributed by atoms with Gasteiger partial charge in [0.25, 0.3) is 0 Å². The van der Waals surface area contributed by atoms with E-state index in [0.29, 0.717) is 5.92 Å². The normalized spacial score (nSPS) is 28.1. The first-order valence-electron chi connectivity index (χ1n) is 7.18. The average Bonchev–Trinajstić information content (AvgIpc) is 2.41. The van der Waals surface area contributed by atoms with Crippen LogP contribution >= 0.6 is 0 Å². The molecule has 0 heterocycles. The van der Waals surface area contributed by atoms with E-state index in [1.165, 1.54) is 12.1 Å². The van der Waals surface area contributed by atoms with Crippen molar-refractivity contribution >= 4 is 5.69 Å². The van der Waals surface area contributed by atoms with Crippen molar-refractivity contribution in [1.82, 2.24) is 0 Å². The molecule has 0 radical (unpaired) electrons. The first kappa shape index (κ1) is 13.4. The SMILES string of the molecule is CCN(CC1CC(C)CCC1O)c1ccccc1. The van der Waals surface area contributed by atoms with Crippen LogP contribution in [0.25, 0.3) is 0 Å². The van der Waals surface area contributed by atoms with Crippen LogP contribution in [0, 0.1) is 11.8 Å². The Balaban J connectivity index is 2.01. The third-order valence-electron chi connectivity index (χ3n) is 4.16. The zero-order valence-corrected chi connectivity index (χ0v) is 11.5. The van der Waals surface area contributed by atoms with Gasteiger partial charge in [-0.2, -0.15) is 0 Å². The maximum absolute atomic E-state index is 10.2. The summed E-state index contributed by atoms with van der Waals surface area (Å²) >= 11 is 0. The molecule has 0 saturated heterocycles. The number of aliphatic hydroxyl groups is 1. The number of hydrogen-bond donors (Lipinski definition) is 1. The zero-order valence-electron chi connectivity index (χ0n) is 11.5. The molecule has 1 fully saturated rings. The van der Waals surface area contributed by atoms with Crippen LogP contribution in [-0.2, 0) is 0 Å². The lowest BCUT2D eigenvalue weighted by atomic mass is 9.80. The molecule has 1 saturated carbocycles. The van der Waals surface area contributed by atoms with Crippen molar-refractivity contribution in [1.29, 1.82) is 0 Å². The van der Waals surface area contributed by atoms with Gasteiger partial charge in [-0.05, 0) is 44.2 Å². The molecule has 0 aliphatic heterocycles. The number of para-hydroxylation sites is 1. The first-order valence-corrected chi connectivity index (χ1v) is 7.18. The van der Waals surface area contributed by atoms with Gasteiger partial charge in [0.1, 0.15) is 0 Å². The second kappa shape index (κ2) is 6.24. The number of hydrogen-bond acceptors (Lipinski definition) is 2. The highest BCUT2D eigenvalue weighted by Crippen LogP contribution is 2.30. The number of nitrogens with zero attached hydrogens (tertiary/aromatic N) is 1. The fourth-order valence-electron chi connectivity index (χ4n) is 3.02. The predicted molar refractivity (Wildman–Crippen MR) is 76.8 cm³/mol. The lowest BCUT2D eigenvalue weighted by molar-refractivity contribution is 0.0552. The van der Waals surface area contributed by atoms with Crippen molar-refractivity contribution in [2.75, 3.05) is 18.0 Å². The fraction of sp³-hybridized carbons (Fsp3) is 0.625. The first-order chi connectivity index (χ1) is 8.70. The number of rotatable bonds is 4. The summed E-state index contributed by atoms with van der Waals surface area (Å²) in [6.07, 6.45) is 3.19. The number of benzene rings is 1. The molecule has 3 unspecified atom stereocenters. The second-order valence-corrected chi connectivity index (χ2v) is 5.62. The lowest BCUT2D eigenvalue weighted by Crippen LogP contribution is -2.38. The molecule has 2 nitrogen and oxygen atoms in total. The predicted octanol–water partition coefficient (Wildman–Crippen LogP) is 3.31. The Hall–Kier alpha value is -1.02. The molecule has 2 rings (SSSR count). The van der Waals surface area contributed by atoms with Crippen molar-refractivity contribution in [2.45, 2.75) is 39.2 Å². The van der Waals surface area contributed by atoms with Gasteiger partial charge >= 0.3 is 0 Å². The quantitative estimate of drug-likeness (QED) is 0.882. The van der Waals surface area contributed by atoms with E-state index in [9.17, 15) is 5.11 Å². The van der Waals surface area contributed by atoms with E-state index in [1.54, 1.807) is 0 Å². The Morgan fingerprint density at radius 1 is 1.22 bits per heavy atom. The van der Waals surface area contributed by atoms with E-state index >= 15 is 0 Å². The van der Waals surface area contributed by atoms with Gasteiger partial charge in [0.15, 0.2) is 0 Å². The summed E-state index contributed by atoms with van der Waals surface area (Å²) in [6.45, 7) is 6.47. The molecule has 3 atom stereocenters. The minimum atomic E-state index is -0.112. The Kier molecular flexibility index (Phi) is 4.65. The van der Waals surface area contributed by atoms with E-state index in [1.807, 2.05) is 0 Å². The summed E-state index contributed by atoms with van der Waals surface area (Å²) in [5.74, 6) is 1.18. The summed E-state index contributed by atoms with van der Waals surface area (Å²) in [4.78, 5) is 2.38. The van der Waals surface area contributed by atoms with Crippen LogP contribution in [0.1, 0.15) is 33.1 Å². The topological polar surface area (TPSA) is 23.5 Å². The molecule has 1 aliphatic rings. The molecular formula is C16H25NO. The van der Waals surface area contributed by atoms with Crippen molar-refractivity contribution in [3.63, 3.8) is 0 Å². The summed E-state index contributed by atoms with van der Waals surface area (Å²) in [5.41, 5.74) is 1.27. The number of anilines is 1. The molecular weight excluding hydrogens is 222 g/mol. The molecule has 1 aromatic rings. The van der Waals surface area contributed by atoms with Gasteiger partial charge in [0, 0.05) is 24.7 Å². The molecule has 18 heavy (non-hydrogen) atoms. The van der Waals surface area contributed by atoms with Gasteiger partial charge in [-0.3, -0.25) is 0 Å². The zero-order chi connectivity index (χ0) is 13.0. The maximum atomic E-state index is 10.2. The summed E-state index contributed by atoms with van der Waals surface area (Å²) in [7, 11) is 0. The highest BCUT2D eigenvalue weighted by molar-refractivity contribution is 5.45. The molecule has 1 N–H and O–H groups in total. The molecule has 1 aliphatic carbocycles. The van der Waals surface area contributed by atoms with Crippen LogP contribution in [-0.4, -0.2) is 24.3 Å². The van der Waals surface area contributed by atoms with Gasteiger partial charge in [-0.15, -0.1) is 0 Å². The molecule has 100 valence electrons. The molecule has 0 bridgehead atoms. The smallest absolute Gasteiger partial charge is 0.0585 e. The van der Waals surface area contributed by atoms with Gasteiger partial charge in [0.2, 0.25) is 0 Å². The fourth-order valence-corrected chi connectivity index (χ4v) is 3.02. The van der Waals surface area contributed by atoms with Gasteiger partial charge in [-0.25, -0.2) is 0 Å². The van der Waals surface area contributed by atoms with Crippen LogP contribution in [0.3, 0.4) is 0 Å². The summed E-state index contributed by atoms with van der Waals surface area (Å²) < 4.78 is 0. The Morgan fingerprint density at radius 2 is 1.94 bits per heavy atom. The van der Waals surface area contributed by atoms with Crippen LogP contribution in [0.4, 0.5) is 5.69 Å². The van der Waals surface area contributed by atoms with Gasteiger partial charge in [-0.1, -0.05) is 25.1 Å². The van der Waals surface area contributed by atoms with E-state index < -0.39 is 0 Å². The highest BCUT2D eigenvalue weighted by Gasteiger charge is 2.28. The second-order valence-electron chi connectivity index (χ2n) is 5.62. The third kappa shape index (κ3) is 3.26. The molecule has 0 spiro atoms. The van der Waals surface area contributed by atoms with Crippen LogP contribution in [0.2, 0.25) is 0 Å². The third-order valence-corrected chi connectivity index (χ3v) is 4.16. The van der Waals surface area contributed by atoms with E-state index in [0.717, 1.165) is 31.8 Å². The Bertz CT molecular complexity index is 351. The van der Waals surface area contributed by atoms with Crippen molar-refractivity contribution in [2.24, 2.45) is 11.8 Å². The van der Waals surface area contributed by atoms with Crippen molar-refractivity contribution < 1.29 is 5.11 Å². The van der Waals surface area contributed by atoms with Gasteiger partial charge in [0.05, 0.1) is 6.10 Å². The largest absolute Gasteiger partial charge is 0.393 e. The average molecular weight is 247 g/mol. The number of aliphatic hydroxyl groups excluding tert-OH is 1. The van der Waals surface area contributed by atoms with Crippen LogP contribution in [0.15, 0.2) is 30.3 Å². The van der Waals surface area contributed by atoms with Crippen LogP contribution < -0.4 is 4.90 Å². The molecule has 2 heteroatoms. The minimum absolute atomic E-state index is 0.112. The Morgan fingerprint density at radius 3 is 2.61 bits per heavy atom. The molecule has 0 aromatic heterocycles. The van der Waals surface area contributed by atoms with Crippen molar-refractivity contribution in [3.8, 4) is 0 Å². The standard InChI is InChI=1S/C16H25NO/c1-3-17(15-7-5-4-6-8-15)12-14-11-13(2)9-10-16(14)18/h4-8,13-14,16,18H,3,9-12H2,1-2H3. The summed E-state index contributed by atoms with van der Waals surface area (Å²) in [5, 5.41) is 10.2. The Labute approximate surface area is 111 Å². The molecule has 1 aromatic carbocycles. The van der Waals surface area contributed by atoms with Crippen molar-refractivity contribution in [3.05, 3.63) is 30.3 Å². The molecule has 0 amide bonds. The maximum Gasteiger partial charge on any atom is 0.0585 e. The van der Waals surface area contributed by atoms with Crippen LogP contribution in [0.5, 0.6) is 0 Å². The van der Waals surface area contributed by atoms with Gasteiger partial charge < -0.3 is 10.0 Å². The minimum Gasteiger partial charge on any atom is -0.393 e. The van der Waals surface area contributed by atoms with E-state index in [4.69, 9.17) is 0 Å². The van der Waals surface area contributed by atoms with E-state index in [2.05, 4.69) is 49.1 Å². The summed E-state index contributed by atoms with van der Waals surface area (Å²) in [6, 6.07) is 10.5. The van der Waals surface area contributed by atoms with E-state index in [-0.39, 0.29) is 6.10 Å².